The Hall–Kier alpha value is -1.65. The topological polar surface area (TPSA) is 39.1 Å². The van der Waals surface area contributed by atoms with Gasteiger partial charge in [0.1, 0.15) is 0 Å². The Labute approximate surface area is 107 Å². The Bertz CT molecular complexity index is 490. The molecule has 0 saturated carbocycles. The quantitative estimate of drug-likeness (QED) is 0.889. The van der Waals surface area contributed by atoms with Gasteiger partial charge in [0.05, 0.1) is 18.6 Å². The molecular formula is C14H17N3O. The summed E-state index contributed by atoms with van der Waals surface area (Å²) < 4.78 is 7.41. The summed E-state index contributed by atoms with van der Waals surface area (Å²) in [7, 11) is 0. The van der Waals surface area contributed by atoms with Crippen LogP contribution in [0.5, 0.6) is 0 Å². The van der Waals surface area contributed by atoms with Gasteiger partial charge in [0.25, 0.3) is 0 Å². The van der Waals surface area contributed by atoms with Crippen LogP contribution in [-0.2, 0) is 11.3 Å². The number of hydrogen-bond acceptors (Lipinski definition) is 3. The number of para-hydroxylation sites is 1. The molecule has 94 valence electrons. The van der Waals surface area contributed by atoms with Gasteiger partial charge in [-0.25, -0.2) is 4.98 Å². The molecule has 0 radical (unpaired) electrons. The standard InChI is InChI=1S/C14H17N3O/c1-2-4-14(17-7-6-15-11-17)12(3-1)9-16-13-5-8-18-10-13/h1-4,6-7,11,13,16H,5,8-10H2. The normalized spacial score (nSPS) is 19.2. The minimum atomic E-state index is 0.487. The zero-order chi connectivity index (χ0) is 12.2. The maximum Gasteiger partial charge on any atom is 0.0991 e. The van der Waals surface area contributed by atoms with E-state index in [2.05, 4.69) is 34.6 Å². The second-order valence-electron chi connectivity index (χ2n) is 4.54. The van der Waals surface area contributed by atoms with Crippen molar-refractivity contribution in [3.63, 3.8) is 0 Å². The molecule has 4 nitrogen and oxygen atoms in total. The summed E-state index contributed by atoms with van der Waals surface area (Å²) in [6.45, 7) is 2.57. The lowest BCUT2D eigenvalue weighted by Crippen LogP contribution is -2.28. The molecular weight excluding hydrogens is 226 g/mol. The van der Waals surface area contributed by atoms with Crippen LogP contribution in [0, 0.1) is 0 Å². The van der Waals surface area contributed by atoms with Crippen molar-refractivity contribution >= 4 is 0 Å². The molecule has 1 fully saturated rings. The van der Waals surface area contributed by atoms with Crippen LogP contribution in [-0.4, -0.2) is 28.8 Å². The maximum atomic E-state index is 5.37. The average molecular weight is 243 g/mol. The number of aromatic nitrogens is 2. The molecule has 1 atom stereocenters. The third-order valence-electron chi connectivity index (χ3n) is 3.29. The van der Waals surface area contributed by atoms with Gasteiger partial charge in [-0.05, 0) is 18.1 Å². The summed E-state index contributed by atoms with van der Waals surface area (Å²) in [5.74, 6) is 0. The number of nitrogens with one attached hydrogen (secondary N) is 1. The summed E-state index contributed by atoms with van der Waals surface area (Å²) in [6, 6.07) is 8.88. The van der Waals surface area contributed by atoms with Crippen LogP contribution in [0.4, 0.5) is 0 Å². The second kappa shape index (κ2) is 5.33. The van der Waals surface area contributed by atoms with Gasteiger partial charge < -0.3 is 14.6 Å². The highest BCUT2D eigenvalue weighted by molar-refractivity contribution is 5.40. The Balaban J connectivity index is 1.75. The van der Waals surface area contributed by atoms with Crippen LogP contribution in [0.15, 0.2) is 43.0 Å². The van der Waals surface area contributed by atoms with Crippen molar-refractivity contribution in [1.82, 2.24) is 14.9 Å². The molecule has 1 aromatic heterocycles. The Morgan fingerprint density at radius 3 is 3.11 bits per heavy atom. The molecule has 0 amide bonds. The van der Waals surface area contributed by atoms with Crippen molar-refractivity contribution in [2.45, 2.75) is 19.0 Å². The van der Waals surface area contributed by atoms with Crippen molar-refractivity contribution in [2.75, 3.05) is 13.2 Å². The fourth-order valence-corrected chi connectivity index (χ4v) is 2.26. The molecule has 1 aromatic carbocycles. The smallest absolute Gasteiger partial charge is 0.0991 e. The van der Waals surface area contributed by atoms with Gasteiger partial charge in [0.15, 0.2) is 0 Å². The van der Waals surface area contributed by atoms with E-state index in [4.69, 9.17) is 4.74 Å². The molecule has 2 aromatic rings. The van der Waals surface area contributed by atoms with Crippen molar-refractivity contribution in [3.05, 3.63) is 48.5 Å². The third kappa shape index (κ3) is 2.44. The van der Waals surface area contributed by atoms with E-state index in [9.17, 15) is 0 Å². The predicted molar refractivity (Wildman–Crippen MR) is 69.6 cm³/mol. The minimum absolute atomic E-state index is 0.487. The number of imidazole rings is 1. The molecule has 1 aliphatic heterocycles. The SMILES string of the molecule is c1ccc(-n2ccnc2)c(CNC2CCOC2)c1. The molecule has 18 heavy (non-hydrogen) atoms. The Morgan fingerprint density at radius 2 is 2.33 bits per heavy atom. The van der Waals surface area contributed by atoms with Crippen LogP contribution in [0.3, 0.4) is 0 Å². The molecule has 1 N–H and O–H groups in total. The van der Waals surface area contributed by atoms with E-state index in [-0.39, 0.29) is 0 Å². The number of nitrogens with zero attached hydrogens (tertiary/aromatic N) is 2. The fourth-order valence-electron chi connectivity index (χ4n) is 2.26. The molecule has 4 heteroatoms. The van der Waals surface area contributed by atoms with Gasteiger partial charge in [-0.1, -0.05) is 18.2 Å². The fraction of sp³-hybridized carbons (Fsp3) is 0.357. The summed E-state index contributed by atoms with van der Waals surface area (Å²) in [5, 5.41) is 3.54. The summed E-state index contributed by atoms with van der Waals surface area (Å²) >= 11 is 0. The molecule has 1 saturated heterocycles. The first-order chi connectivity index (χ1) is 8.93. The van der Waals surface area contributed by atoms with Crippen LogP contribution in [0.2, 0.25) is 0 Å². The van der Waals surface area contributed by atoms with Gasteiger partial charge in [0.2, 0.25) is 0 Å². The van der Waals surface area contributed by atoms with Crippen molar-refractivity contribution in [2.24, 2.45) is 0 Å². The highest BCUT2D eigenvalue weighted by Crippen LogP contribution is 2.14. The molecule has 3 rings (SSSR count). The van der Waals surface area contributed by atoms with Gasteiger partial charge in [-0.2, -0.15) is 0 Å². The van der Waals surface area contributed by atoms with E-state index in [1.165, 1.54) is 11.3 Å². The van der Waals surface area contributed by atoms with E-state index in [1.807, 2.05) is 17.1 Å². The van der Waals surface area contributed by atoms with Gasteiger partial charge >= 0.3 is 0 Å². The van der Waals surface area contributed by atoms with E-state index in [1.54, 1.807) is 6.20 Å². The zero-order valence-electron chi connectivity index (χ0n) is 10.2. The molecule has 1 unspecified atom stereocenters. The van der Waals surface area contributed by atoms with Crippen LogP contribution < -0.4 is 5.32 Å². The summed E-state index contributed by atoms with van der Waals surface area (Å²) in [5.41, 5.74) is 2.46. The first-order valence-electron chi connectivity index (χ1n) is 6.31. The minimum Gasteiger partial charge on any atom is -0.380 e. The summed E-state index contributed by atoms with van der Waals surface area (Å²) in [4.78, 5) is 4.10. The Morgan fingerprint density at radius 1 is 1.39 bits per heavy atom. The molecule has 0 spiro atoms. The monoisotopic (exact) mass is 243 g/mol. The highest BCUT2D eigenvalue weighted by atomic mass is 16.5. The molecule has 0 aliphatic carbocycles. The van der Waals surface area contributed by atoms with Crippen molar-refractivity contribution < 1.29 is 4.74 Å². The van der Waals surface area contributed by atoms with Crippen LogP contribution in [0.25, 0.3) is 5.69 Å². The Kier molecular flexibility index (Phi) is 3.39. The van der Waals surface area contributed by atoms with E-state index in [0.717, 1.165) is 26.2 Å². The van der Waals surface area contributed by atoms with Gasteiger partial charge in [-0.15, -0.1) is 0 Å². The first-order valence-corrected chi connectivity index (χ1v) is 6.31. The van der Waals surface area contributed by atoms with Crippen molar-refractivity contribution in [3.8, 4) is 5.69 Å². The highest BCUT2D eigenvalue weighted by Gasteiger charge is 2.15. The van der Waals surface area contributed by atoms with Gasteiger partial charge in [-0.3, -0.25) is 0 Å². The predicted octanol–water partition coefficient (Wildman–Crippen LogP) is 1.75. The van der Waals surface area contributed by atoms with Crippen molar-refractivity contribution in [1.29, 1.82) is 0 Å². The largest absolute Gasteiger partial charge is 0.380 e. The molecule has 2 heterocycles. The maximum absolute atomic E-state index is 5.37. The van der Waals surface area contributed by atoms with Crippen LogP contribution in [0.1, 0.15) is 12.0 Å². The second-order valence-corrected chi connectivity index (χ2v) is 4.54. The number of ether oxygens (including phenoxy) is 1. The number of rotatable bonds is 4. The number of hydrogen-bond donors (Lipinski definition) is 1. The summed E-state index contributed by atoms with van der Waals surface area (Å²) in [6.07, 6.45) is 6.71. The van der Waals surface area contributed by atoms with E-state index >= 15 is 0 Å². The van der Waals surface area contributed by atoms with E-state index in [0.29, 0.717) is 6.04 Å². The first kappa shape index (κ1) is 11.4. The molecule has 0 bridgehead atoms. The van der Waals surface area contributed by atoms with Gasteiger partial charge in [0, 0.05) is 31.6 Å². The average Bonchev–Trinajstić information content (AvgIpc) is 3.10. The zero-order valence-corrected chi connectivity index (χ0v) is 10.2. The lowest BCUT2D eigenvalue weighted by Gasteiger charge is -2.14. The number of benzene rings is 1. The molecule has 1 aliphatic rings. The van der Waals surface area contributed by atoms with Crippen LogP contribution >= 0.6 is 0 Å². The third-order valence-corrected chi connectivity index (χ3v) is 3.29. The lowest BCUT2D eigenvalue weighted by atomic mass is 10.1. The van der Waals surface area contributed by atoms with E-state index < -0.39 is 0 Å². The lowest BCUT2D eigenvalue weighted by molar-refractivity contribution is 0.190.